The molecule has 1 saturated heterocycles. The van der Waals surface area contributed by atoms with Crippen LogP contribution in [0.1, 0.15) is 25.3 Å². The van der Waals surface area contributed by atoms with E-state index >= 15 is 0 Å². The Morgan fingerprint density at radius 2 is 2.32 bits per heavy atom. The second kappa shape index (κ2) is 6.12. The number of carbonyl (C=O) groups is 1. The number of ketones is 1. The molecule has 0 bridgehead atoms. The van der Waals surface area contributed by atoms with Gasteiger partial charge < -0.3 is 4.90 Å². The standard InChI is InChI=1S/C15H18N2OS/c1-11(18)12-5-4-8-17(10-12)14-6-3-7-15(19-2)13(14)9-16/h3,6-7,12H,4-5,8,10H2,1-2H3. The second-order valence-corrected chi connectivity index (χ2v) is 5.71. The predicted octanol–water partition coefficient (Wildman–Crippen LogP) is 3.09. The molecule has 0 amide bonds. The van der Waals surface area contributed by atoms with Crippen molar-refractivity contribution < 1.29 is 4.79 Å². The van der Waals surface area contributed by atoms with Crippen LogP contribution in [0.5, 0.6) is 0 Å². The number of anilines is 1. The molecular weight excluding hydrogens is 256 g/mol. The number of piperidine rings is 1. The lowest BCUT2D eigenvalue weighted by atomic mass is 9.94. The Labute approximate surface area is 118 Å². The van der Waals surface area contributed by atoms with Gasteiger partial charge in [0.2, 0.25) is 0 Å². The van der Waals surface area contributed by atoms with Crippen molar-refractivity contribution >= 4 is 23.2 Å². The van der Waals surface area contributed by atoms with Gasteiger partial charge in [0.05, 0.1) is 11.3 Å². The molecule has 1 aliphatic rings. The van der Waals surface area contributed by atoms with Crippen LogP contribution in [0.4, 0.5) is 5.69 Å². The van der Waals surface area contributed by atoms with Gasteiger partial charge in [-0.25, -0.2) is 0 Å². The highest BCUT2D eigenvalue weighted by Crippen LogP contribution is 2.31. The Bertz CT molecular complexity index is 521. The lowest BCUT2D eigenvalue weighted by molar-refractivity contribution is -0.120. The van der Waals surface area contributed by atoms with Crippen LogP contribution in [0.2, 0.25) is 0 Å². The Morgan fingerprint density at radius 1 is 1.53 bits per heavy atom. The molecular formula is C15H18N2OS. The van der Waals surface area contributed by atoms with Gasteiger partial charge in [-0.1, -0.05) is 6.07 Å². The average Bonchev–Trinajstić information content (AvgIpc) is 2.46. The number of rotatable bonds is 3. The van der Waals surface area contributed by atoms with Crippen molar-refractivity contribution in [3.05, 3.63) is 23.8 Å². The van der Waals surface area contributed by atoms with Crippen molar-refractivity contribution in [2.75, 3.05) is 24.2 Å². The molecule has 100 valence electrons. The summed E-state index contributed by atoms with van der Waals surface area (Å²) in [7, 11) is 0. The number of carbonyl (C=O) groups excluding carboxylic acids is 1. The fraction of sp³-hybridized carbons (Fsp3) is 0.467. The first kappa shape index (κ1) is 14.0. The number of hydrogen-bond acceptors (Lipinski definition) is 4. The molecule has 2 rings (SSSR count). The molecule has 3 nitrogen and oxygen atoms in total. The van der Waals surface area contributed by atoms with Crippen LogP contribution in [0.15, 0.2) is 23.1 Å². The van der Waals surface area contributed by atoms with Crippen molar-refractivity contribution in [3.8, 4) is 6.07 Å². The highest BCUT2D eigenvalue weighted by atomic mass is 32.2. The molecule has 1 fully saturated rings. The lowest BCUT2D eigenvalue weighted by Gasteiger charge is -2.34. The molecule has 19 heavy (non-hydrogen) atoms. The Kier molecular flexibility index (Phi) is 4.49. The number of nitrogens with zero attached hydrogens (tertiary/aromatic N) is 2. The quantitative estimate of drug-likeness (QED) is 0.795. The molecule has 0 saturated carbocycles. The van der Waals surface area contributed by atoms with Crippen LogP contribution in [0.3, 0.4) is 0 Å². The number of benzene rings is 1. The third-order valence-corrected chi connectivity index (χ3v) is 4.45. The summed E-state index contributed by atoms with van der Waals surface area (Å²) in [6.45, 7) is 3.33. The van der Waals surface area contributed by atoms with E-state index in [0.717, 1.165) is 42.1 Å². The molecule has 0 aromatic heterocycles. The molecule has 1 aromatic carbocycles. The maximum absolute atomic E-state index is 11.6. The summed E-state index contributed by atoms with van der Waals surface area (Å²) in [5.41, 5.74) is 1.71. The van der Waals surface area contributed by atoms with E-state index in [4.69, 9.17) is 0 Å². The van der Waals surface area contributed by atoms with E-state index in [-0.39, 0.29) is 11.7 Å². The summed E-state index contributed by atoms with van der Waals surface area (Å²) in [5.74, 6) is 0.363. The fourth-order valence-electron chi connectivity index (χ4n) is 2.59. The number of Topliss-reactive ketones (excluding diaryl/α,β-unsaturated/α-hetero) is 1. The maximum Gasteiger partial charge on any atom is 0.134 e. The zero-order valence-corrected chi connectivity index (χ0v) is 12.2. The summed E-state index contributed by atoms with van der Waals surface area (Å²) in [4.78, 5) is 14.8. The summed E-state index contributed by atoms with van der Waals surface area (Å²) < 4.78 is 0. The van der Waals surface area contributed by atoms with Gasteiger partial charge in [0, 0.05) is 23.9 Å². The van der Waals surface area contributed by atoms with Gasteiger partial charge in [0.25, 0.3) is 0 Å². The zero-order chi connectivity index (χ0) is 13.8. The topological polar surface area (TPSA) is 44.1 Å². The maximum atomic E-state index is 11.6. The van der Waals surface area contributed by atoms with Gasteiger partial charge in [-0.2, -0.15) is 5.26 Å². The molecule has 1 heterocycles. The minimum atomic E-state index is 0.109. The van der Waals surface area contributed by atoms with Crippen molar-refractivity contribution in [1.29, 1.82) is 5.26 Å². The molecule has 1 aliphatic heterocycles. The van der Waals surface area contributed by atoms with Crippen LogP contribution in [-0.2, 0) is 4.79 Å². The number of nitriles is 1. The highest BCUT2D eigenvalue weighted by molar-refractivity contribution is 7.98. The van der Waals surface area contributed by atoms with Gasteiger partial charge in [0.1, 0.15) is 11.9 Å². The van der Waals surface area contributed by atoms with Crippen LogP contribution >= 0.6 is 11.8 Å². The van der Waals surface area contributed by atoms with E-state index in [1.54, 1.807) is 18.7 Å². The molecule has 0 radical (unpaired) electrons. The minimum absolute atomic E-state index is 0.109. The van der Waals surface area contributed by atoms with E-state index in [1.165, 1.54) is 0 Å². The molecule has 0 aliphatic carbocycles. The third kappa shape index (κ3) is 2.93. The van der Waals surface area contributed by atoms with Crippen LogP contribution < -0.4 is 4.90 Å². The molecule has 4 heteroatoms. The second-order valence-electron chi connectivity index (χ2n) is 4.86. The van der Waals surface area contributed by atoms with Gasteiger partial charge in [-0.15, -0.1) is 11.8 Å². The van der Waals surface area contributed by atoms with Crippen LogP contribution in [0.25, 0.3) is 0 Å². The first-order chi connectivity index (χ1) is 9.17. The molecule has 1 aromatic rings. The van der Waals surface area contributed by atoms with Crippen LogP contribution in [0, 0.1) is 17.2 Å². The first-order valence-electron chi connectivity index (χ1n) is 6.50. The summed E-state index contributed by atoms with van der Waals surface area (Å²) in [6.07, 6.45) is 3.96. The lowest BCUT2D eigenvalue weighted by Crippen LogP contribution is -2.38. The van der Waals surface area contributed by atoms with Gasteiger partial charge in [-0.05, 0) is 38.2 Å². The molecule has 0 spiro atoms. The summed E-state index contributed by atoms with van der Waals surface area (Å²) in [6, 6.07) is 8.25. The SMILES string of the molecule is CSc1cccc(N2CCCC(C(C)=O)C2)c1C#N. The molecule has 1 unspecified atom stereocenters. The summed E-state index contributed by atoms with van der Waals surface area (Å²) in [5, 5.41) is 9.38. The molecule has 1 atom stereocenters. The Morgan fingerprint density at radius 3 is 2.95 bits per heavy atom. The van der Waals surface area contributed by atoms with Crippen molar-refractivity contribution in [2.24, 2.45) is 5.92 Å². The monoisotopic (exact) mass is 274 g/mol. The van der Waals surface area contributed by atoms with Crippen molar-refractivity contribution in [3.63, 3.8) is 0 Å². The highest BCUT2D eigenvalue weighted by Gasteiger charge is 2.25. The summed E-state index contributed by atoms with van der Waals surface area (Å²) >= 11 is 1.59. The van der Waals surface area contributed by atoms with Crippen molar-refractivity contribution in [2.45, 2.75) is 24.7 Å². The van der Waals surface area contributed by atoms with Gasteiger partial charge in [-0.3, -0.25) is 4.79 Å². The van der Waals surface area contributed by atoms with E-state index in [9.17, 15) is 10.1 Å². The number of hydrogen-bond donors (Lipinski definition) is 0. The van der Waals surface area contributed by atoms with Gasteiger partial charge >= 0.3 is 0 Å². The van der Waals surface area contributed by atoms with Crippen LogP contribution in [-0.4, -0.2) is 25.1 Å². The first-order valence-corrected chi connectivity index (χ1v) is 7.72. The van der Waals surface area contributed by atoms with E-state index in [1.807, 2.05) is 24.5 Å². The smallest absolute Gasteiger partial charge is 0.134 e. The van der Waals surface area contributed by atoms with Gasteiger partial charge in [0.15, 0.2) is 0 Å². The molecule has 0 N–H and O–H groups in total. The van der Waals surface area contributed by atoms with E-state index in [2.05, 4.69) is 11.0 Å². The van der Waals surface area contributed by atoms with E-state index in [0.29, 0.717) is 0 Å². The largest absolute Gasteiger partial charge is 0.370 e. The minimum Gasteiger partial charge on any atom is -0.370 e. The van der Waals surface area contributed by atoms with Crippen molar-refractivity contribution in [1.82, 2.24) is 0 Å². The third-order valence-electron chi connectivity index (χ3n) is 3.67. The zero-order valence-electron chi connectivity index (χ0n) is 11.3. The number of thioether (sulfide) groups is 1. The normalized spacial score (nSPS) is 19.0. The predicted molar refractivity (Wildman–Crippen MR) is 78.6 cm³/mol. The fourth-order valence-corrected chi connectivity index (χ4v) is 3.16. The van der Waals surface area contributed by atoms with E-state index < -0.39 is 0 Å². The Hall–Kier alpha value is -1.47. The average molecular weight is 274 g/mol. The Balaban J connectivity index is 2.31.